The van der Waals surface area contributed by atoms with Crippen LogP contribution in [0.4, 0.5) is 0 Å². The molecular formula is C9H17NOS. The van der Waals surface area contributed by atoms with E-state index in [0.29, 0.717) is 6.10 Å². The number of rotatable bonds is 2. The number of hydrogen-bond acceptors (Lipinski definition) is 3. The van der Waals surface area contributed by atoms with E-state index in [9.17, 15) is 0 Å². The molecule has 3 heteroatoms. The molecule has 12 heavy (non-hydrogen) atoms. The van der Waals surface area contributed by atoms with Crippen LogP contribution in [-0.2, 0) is 4.74 Å². The van der Waals surface area contributed by atoms with Gasteiger partial charge in [0.1, 0.15) is 0 Å². The summed E-state index contributed by atoms with van der Waals surface area (Å²) in [7, 11) is 1.83. The van der Waals surface area contributed by atoms with Crippen LogP contribution in [0.3, 0.4) is 0 Å². The van der Waals surface area contributed by atoms with Gasteiger partial charge in [-0.05, 0) is 18.6 Å². The number of ether oxygens (including phenoxy) is 1. The summed E-state index contributed by atoms with van der Waals surface area (Å²) in [6.07, 6.45) is 3.13. The monoisotopic (exact) mass is 187 g/mol. The van der Waals surface area contributed by atoms with E-state index >= 15 is 0 Å². The smallest absolute Gasteiger partial charge is 0.0710 e. The van der Waals surface area contributed by atoms with Crippen molar-refractivity contribution in [2.45, 2.75) is 25.0 Å². The summed E-state index contributed by atoms with van der Waals surface area (Å²) >= 11 is 2.10. The van der Waals surface area contributed by atoms with Gasteiger partial charge in [-0.1, -0.05) is 0 Å². The highest BCUT2D eigenvalue weighted by Crippen LogP contribution is 2.25. The standard InChI is InChI=1S/C9H17NOS/c1-11-9-2-4-10(6-9)8-3-5-12-7-8/h8-9H,2-7H2,1H3/t8?,9-/m1/s1. The summed E-state index contributed by atoms with van der Waals surface area (Å²) in [6, 6.07) is 0.857. The number of likely N-dealkylation sites (tertiary alicyclic amines) is 1. The fraction of sp³-hybridized carbons (Fsp3) is 1.00. The third-order valence-corrected chi connectivity index (χ3v) is 4.08. The molecule has 2 aliphatic rings. The normalized spacial score (nSPS) is 37.8. The minimum absolute atomic E-state index is 0.510. The minimum Gasteiger partial charge on any atom is -0.380 e. The molecule has 2 fully saturated rings. The van der Waals surface area contributed by atoms with Gasteiger partial charge in [-0.15, -0.1) is 0 Å². The number of nitrogens with zero attached hydrogens (tertiary/aromatic N) is 1. The number of thioether (sulfide) groups is 1. The maximum Gasteiger partial charge on any atom is 0.0710 e. The molecule has 2 saturated heterocycles. The first kappa shape index (κ1) is 8.85. The molecule has 0 amide bonds. The average Bonchev–Trinajstić information content (AvgIpc) is 2.75. The first-order valence-corrected chi connectivity index (χ1v) is 5.90. The Morgan fingerprint density at radius 2 is 2.33 bits per heavy atom. The molecule has 1 unspecified atom stereocenters. The highest BCUT2D eigenvalue weighted by atomic mass is 32.2. The fourth-order valence-corrected chi connectivity index (χ4v) is 3.34. The van der Waals surface area contributed by atoms with Crippen LogP contribution in [0.15, 0.2) is 0 Å². The van der Waals surface area contributed by atoms with Gasteiger partial charge < -0.3 is 4.74 Å². The molecule has 0 aliphatic carbocycles. The predicted octanol–water partition coefficient (Wildman–Crippen LogP) is 1.21. The van der Waals surface area contributed by atoms with Crippen molar-refractivity contribution in [3.05, 3.63) is 0 Å². The van der Waals surface area contributed by atoms with Crippen molar-refractivity contribution in [2.24, 2.45) is 0 Å². The van der Waals surface area contributed by atoms with Crippen LogP contribution in [0, 0.1) is 0 Å². The first-order valence-electron chi connectivity index (χ1n) is 4.74. The van der Waals surface area contributed by atoms with Gasteiger partial charge in [0.2, 0.25) is 0 Å². The maximum absolute atomic E-state index is 5.35. The Balaban J connectivity index is 1.81. The first-order chi connectivity index (χ1) is 5.90. The molecule has 0 saturated carbocycles. The second-order valence-electron chi connectivity index (χ2n) is 3.66. The topological polar surface area (TPSA) is 12.5 Å². The lowest BCUT2D eigenvalue weighted by Gasteiger charge is -2.22. The van der Waals surface area contributed by atoms with Gasteiger partial charge in [0.05, 0.1) is 6.10 Å². The lowest BCUT2D eigenvalue weighted by Crippen LogP contribution is -2.34. The van der Waals surface area contributed by atoms with Crippen molar-refractivity contribution in [3.8, 4) is 0 Å². The molecule has 2 rings (SSSR count). The van der Waals surface area contributed by atoms with Crippen molar-refractivity contribution in [2.75, 3.05) is 31.7 Å². The molecule has 0 radical (unpaired) electrons. The van der Waals surface area contributed by atoms with Crippen LogP contribution in [0.5, 0.6) is 0 Å². The largest absolute Gasteiger partial charge is 0.380 e. The van der Waals surface area contributed by atoms with Gasteiger partial charge in [-0.3, -0.25) is 4.90 Å². The Kier molecular flexibility index (Phi) is 2.94. The highest BCUT2D eigenvalue weighted by molar-refractivity contribution is 7.99. The van der Waals surface area contributed by atoms with E-state index in [4.69, 9.17) is 4.74 Å². The van der Waals surface area contributed by atoms with Crippen molar-refractivity contribution in [3.63, 3.8) is 0 Å². The lowest BCUT2D eigenvalue weighted by molar-refractivity contribution is 0.103. The zero-order chi connectivity index (χ0) is 8.39. The Labute approximate surface area is 78.6 Å². The van der Waals surface area contributed by atoms with E-state index in [2.05, 4.69) is 16.7 Å². The van der Waals surface area contributed by atoms with Gasteiger partial charge in [0.25, 0.3) is 0 Å². The Bertz CT molecular complexity index is 147. The van der Waals surface area contributed by atoms with Gasteiger partial charge in [-0.25, -0.2) is 0 Å². The van der Waals surface area contributed by atoms with Crippen molar-refractivity contribution >= 4 is 11.8 Å². The summed E-state index contributed by atoms with van der Waals surface area (Å²) in [5.41, 5.74) is 0. The van der Waals surface area contributed by atoms with Gasteiger partial charge >= 0.3 is 0 Å². The molecule has 0 bridgehead atoms. The zero-order valence-electron chi connectivity index (χ0n) is 7.66. The van der Waals surface area contributed by atoms with E-state index in [1.165, 1.54) is 37.4 Å². The van der Waals surface area contributed by atoms with Gasteiger partial charge in [0, 0.05) is 32.0 Å². The second-order valence-corrected chi connectivity index (χ2v) is 4.81. The fourth-order valence-electron chi connectivity index (χ4n) is 2.09. The number of methoxy groups -OCH3 is 1. The molecule has 0 aromatic rings. The summed E-state index contributed by atoms with van der Waals surface area (Å²) < 4.78 is 5.35. The minimum atomic E-state index is 0.510. The Morgan fingerprint density at radius 3 is 2.92 bits per heavy atom. The zero-order valence-corrected chi connectivity index (χ0v) is 8.48. The van der Waals surface area contributed by atoms with Crippen LogP contribution in [0.2, 0.25) is 0 Å². The third-order valence-electron chi connectivity index (χ3n) is 2.93. The molecular weight excluding hydrogens is 170 g/mol. The summed E-state index contributed by atoms with van der Waals surface area (Å²) in [5, 5.41) is 0. The molecule has 0 N–H and O–H groups in total. The van der Waals surface area contributed by atoms with Crippen LogP contribution >= 0.6 is 11.8 Å². The van der Waals surface area contributed by atoms with Crippen molar-refractivity contribution in [1.29, 1.82) is 0 Å². The van der Waals surface area contributed by atoms with E-state index in [1.54, 1.807) is 0 Å². The molecule has 2 heterocycles. The second kappa shape index (κ2) is 3.99. The molecule has 0 aromatic carbocycles. The number of hydrogen-bond donors (Lipinski definition) is 0. The molecule has 0 aromatic heterocycles. The van der Waals surface area contributed by atoms with Crippen molar-refractivity contribution in [1.82, 2.24) is 4.90 Å². The van der Waals surface area contributed by atoms with Gasteiger partial charge in [0.15, 0.2) is 0 Å². The Morgan fingerprint density at radius 1 is 1.42 bits per heavy atom. The van der Waals surface area contributed by atoms with Crippen LogP contribution < -0.4 is 0 Å². The predicted molar refractivity (Wildman–Crippen MR) is 52.7 cm³/mol. The molecule has 2 aliphatic heterocycles. The molecule has 2 nitrogen and oxygen atoms in total. The van der Waals surface area contributed by atoms with E-state index in [0.717, 1.165) is 6.04 Å². The molecule has 0 spiro atoms. The summed E-state index contributed by atoms with van der Waals surface area (Å²) in [4.78, 5) is 2.61. The Hall–Kier alpha value is 0.270. The quantitative estimate of drug-likeness (QED) is 0.645. The van der Waals surface area contributed by atoms with Gasteiger partial charge in [-0.2, -0.15) is 11.8 Å². The summed E-state index contributed by atoms with van der Waals surface area (Å²) in [5.74, 6) is 2.70. The molecule has 70 valence electrons. The third kappa shape index (κ3) is 1.78. The highest BCUT2D eigenvalue weighted by Gasteiger charge is 2.29. The SMILES string of the molecule is CO[C@@H]1CCN(C2CCSC2)C1. The van der Waals surface area contributed by atoms with E-state index < -0.39 is 0 Å². The van der Waals surface area contributed by atoms with E-state index in [-0.39, 0.29) is 0 Å². The maximum atomic E-state index is 5.35. The molecule has 2 atom stereocenters. The van der Waals surface area contributed by atoms with Crippen molar-refractivity contribution < 1.29 is 4.74 Å². The lowest BCUT2D eigenvalue weighted by atomic mass is 10.2. The van der Waals surface area contributed by atoms with E-state index in [1.807, 2.05) is 7.11 Å². The van der Waals surface area contributed by atoms with Crippen LogP contribution in [0.25, 0.3) is 0 Å². The van der Waals surface area contributed by atoms with Crippen LogP contribution in [-0.4, -0.2) is 48.8 Å². The average molecular weight is 187 g/mol. The van der Waals surface area contributed by atoms with Crippen LogP contribution in [0.1, 0.15) is 12.8 Å². The summed E-state index contributed by atoms with van der Waals surface area (Å²) in [6.45, 7) is 2.42.